The highest BCUT2D eigenvalue weighted by atomic mass is 35.5. The van der Waals surface area contributed by atoms with Gasteiger partial charge in [0.1, 0.15) is 5.75 Å². The summed E-state index contributed by atoms with van der Waals surface area (Å²) < 4.78 is 5.02. The van der Waals surface area contributed by atoms with E-state index in [4.69, 9.17) is 27.9 Å². The lowest BCUT2D eigenvalue weighted by molar-refractivity contribution is 0.108. The number of hydrogen-bond acceptors (Lipinski definition) is 2. The van der Waals surface area contributed by atoms with E-state index in [1.807, 2.05) is 0 Å². The SMILES string of the molecule is COc1ccc(Cl)c(C(=O)Cl)c1C. The van der Waals surface area contributed by atoms with Gasteiger partial charge in [-0.1, -0.05) is 11.6 Å². The van der Waals surface area contributed by atoms with E-state index >= 15 is 0 Å². The number of ether oxygens (including phenoxy) is 1. The van der Waals surface area contributed by atoms with Gasteiger partial charge in [0.15, 0.2) is 0 Å². The van der Waals surface area contributed by atoms with Crippen molar-refractivity contribution >= 4 is 28.4 Å². The van der Waals surface area contributed by atoms with Gasteiger partial charge in [-0.2, -0.15) is 0 Å². The largest absolute Gasteiger partial charge is 0.496 e. The van der Waals surface area contributed by atoms with Crippen molar-refractivity contribution in [2.75, 3.05) is 7.11 Å². The number of carbonyl (C=O) groups is 1. The molecule has 13 heavy (non-hydrogen) atoms. The third-order valence-corrected chi connectivity index (χ3v) is 2.28. The van der Waals surface area contributed by atoms with Gasteiger partial charge in [-0.15, -0.1) is 0 Å². The molecule has 1 aromatic rings. The Balaban J connectivity index is 3.38. The van der Waals surface area contributed by atoms with Crippen LogP contribution in [0.2, 0.25) is 5.02 Å². The van der Waals surface area contributed by atoms with E-state index < -0.39 is 5.24 Å². The Hall–Kier alpha value is -0.730. The summed E-state index contributed by atoms with van der Waals surface area (Å²) in [5, 5.41) is -0.222. The van der Waals surface area contributed by atoms with Crippen LogP contribution in [0.25, 0.3) is 0 Å². The molecule has 0 radical (unpaired) electrons. The minimum Gasteiger partial charge on any atom is -0.496 e. The lowest BCUT2D eigenvalue weighted by Crippen LogP contribution is -1.97. The first kappa shape index (κ1) is 10.4. The first-order chi connectivity index (χ1) is 6.07. The van der Waals surface area contributed by atoms with Crippen LogP contribution in [0.4, 0.5) is 0 Å². The molecule has 0 aliphatic carbocycles. The number of halogens is 2. The lowest BCUT2D eigenvalue weighted by Gasteiger charge is -2.08. The molecule has 4 heteroatoms. The topological polar surface area (TPSA) is 26.3 Å². The molecule has 1 rings (SSSR count). The summed E-state index contributed by atoms with van der Waals surface area (Å²) in [5.74, 6) is 0.605. The zero-order valence-electron chi connectivity index (χ0n) is 7.23. The van der Waals surface area contributed by atoms with Crippen LogP contribution in [-0.2, 0) is 0 Å². The first-order valence-electron chi connectivity index (χ1n) is 3.61. The summed E-state index contributed by atoms with van der Waals surface area (Å²) in [6.07, 6.45) is 0. The molecule has 0 atom stereocenters. The Morgan fingerprint density at radius 3 is 2.54 bits per heavy atom. The van der Waals surface area contributed by atoms with Crippen molar-refractivity contribution < 1.29 is 9.53 Å². The van der Waals surface area contributed by atoms with Crippen LogP contribution in [0.15, 0.2) is 12.1 Å². The van der Waals surface area contributed by atoms with Crippen LogP contribution in [-0.4, -0.2) is 12.4 Å². The minimum absolute atomic E-state index is 0.308. The van der Waals surface area contributed by atoms with Crippen molar-refractivity contribution in [1.82, 2.24) is 0 Å². The quantitative estimate of drug-likeness (QED) is 0.714. The molecule has 0 unspecified atom stereocenters. The first-order valence-corrected chi connectivity index (χ1v) is 4.36. The predicted molar refractivity (Wildman–Crippen MR) is 52.9 cm³/mol. The Kier molecular flexibility index (Phi) is 3.17. The molecular weight excluding hydrogens is 211 g/mol. The summed E-state index contributed by atoms with van der Waals surface area (Å²) in [7, 11) is 1.53. The Labute approximate surface area is 86.4 Å². The van der Waals surface area contributed by atoms with Gasteiger partial charge in [0.25, 0.3) is 5.24 Å². The van der Waals surface area contributed by atoms with E-state index in [2.05, 4.69) is 0 Å². The molecule has 0 aliphatic rings. The fourth-order valence-corrected chi connectivity index (χ4v) is 1.70. The Bertz CT molecular complexity index is 348. The molecule has 0 fully saturated rings. The highest BCUT2D eigenvalue weighted by molar-refractivity contribution is 6.69. The second kappa shape index (κ2) is 3.99. The Morgan fingerprint density at radius 1 is 1.46 bits per heavy atom. The fourth-order valence-electron chi connectivity index (χ4n) is 1.12. The van der Waals surface area contributed by atoms with Gasteiger partial charge in [0.05, 0.1) is 17.7 Å². The minimum atomic E-state index is -0.568. The van der Waals surface area contributed by atoms with Gasteiger partial charge in [-0.25, -0.2) is 0 Å². The Morgan fingerprint density at radius 2 is 2.08 bits per heavy atom. The maximum atomic E-state index is 11.0. The second-order valence-electron chi connectivity index (χ2n) is 2.52. The van der Waals surface area contributed by atoms with Crippen molar-refractivity contribution in [3.63, 3.8) is 0 Å². The van der Waals surface area contributed by atoms with Crippen molar-refractivity contribution in [2.24, 2.45) is 0 Å². The predicted octanol–water partition coefficient (Wildman–Crippen LogP) is 3.04. The van der Waals surface area contributed by atoms with E-state index in [9.17, 15) is 4.79 Å². The standard InChI is InChI=1S/C9H8Cl2O2/c1-5-7(13-2)4-3-6(10)8(5)9(11)12/h3-4H,1-2H3. The van der Waals surface area contributed by atoms with E-state index in [-0.39, 0.29) is 0 Å². The zero-order valence-corrected chi connectivity index (χ0v) is 8.74. The zero-order chi connectivity index (χ0) is 10.0. The van der Waals surface area contributed by atoms with Crippen molar-refractivity contribution in [3.05, 3.63) is 28.3 Å². The van der Waals surface area contributed by atoms with E-state index in [0.717, 1.165) is 0 Å². The molecule has 0 saturated heterocycles. The van der Waals surface area contributed by atoms with Crippen LogP contribution in [0.1, 0.15) is 15.9 Å². The molecule has 1 aromatic carbocycles. The number of rotatable bonds is 2. The molecule has 70 valence electrons. The smallest absolute Gasteiger partial charge is 0.254 e. The van der Waals surface area contributed by atoms with Gasteiger partial charge in [0, 0.05) is 5.56 Å². The van der Waals surface area contributed by atoms with Gasteiger partial charge >= 0.3 is 0 Å². The van der Waals surface area contributed by atoms with Crippen molar-refractivity contribution in [1.29, 1.82) is 0 Å². The molecule has 0 spiro atoms. The second-order valence-corrected chi connectivity index (χ2v) is 3.27. The maximum Gasteiger partial charge on any atom is 0.254 e. The number of benzene rings is 1. The summed E-state index contributed by atoms with van der Waals surface area (Å²) in [6.45, 7) is 1.74. The lowest BCUT2D eigenvalue weighted by atomic mass is 10.1. The summed E-state index contributed by atoms with van der Waals surface area (Å²) in [5.41, 5.74) is 0.970. The average Bonchev–Trinajstić information content (AvgIpc) is 2.04. The summed E-state index contributed by atoms with van der Waals surface area (Å²) in [6, 6.07) is 3.28. The molecule has 0 aliphatic heterocycles. The van der Waals surface area contributed by atoms with E-state index in [1.165, 1.54) is 7.11 Å². The molecule has 0 bridgehead atoms. The maximum absolute atomic E-state index is 11.0. The molecule has 2 nitrogen and oxygen atoms in total. The molecule has 0 saturated carbocycles. The summed E-state index contributed by atoms with van der Waals surface area (Å²) >= 11 is 11.2. The van der Waals surface area contributed by atoms with E-state index in [1.54, 1.807) is 19.1 Å². The van der Waals surface area contributed by atoms with Gasteiger partial charge < -0.3 is 4.74 Å². The molecular formula is C9H8Cl2O2. The van der Waals surface area contributed by atoms with Crippen LogP contribution in [0, 0.1) is 6.92 Å². The van der Waals surface area contributed by atoms with Gasteiger partial charge in [-0.3, -0.25) is 4.79 Å². The molecule has 0 amide bonds. The number of methoxy groups -OCH3 is 1. The van der Waals surface area contributed by atoms with Gasteiger partial charge in [-0.05, 0) is 30.7 Å². The fraction of sp³-hybridized carbons (Fsp3) is 0.222. The molecule has 0 N–H and O–H groups in total. The van der Waals surface area contributed by atoms with Gasteiger partial charge in [0.2, 0.25) is 0 Å². The monoisotopic (exact) mass is 218 g/mol. The van der Waals surface area contributed by atoms with Crippen LogP contribution >= 0.6 is 23.2 Å². The summed E-state index contributed by atoms with van der Waals surface area (Å²) in [4.78, 5) is 11.0. The number of carbonyl (C=O) groups excluding carboxylic acids is 1. The van der Waals surface area contributed by atoms with Crippen LogP contribution < -0.4 is 4.74 Å². The normalized spacial score (nSPS) is 9.85. The highest BCUT2D eigenvalue weighted by Crippen LogP contribution is 2.28. The van der Waals surface area contributed by atoms with Crippen LogP contribution in [0.3, 0.4) is 0 Å². The average molecular weight is 219 g/mol. The molecule has 0 aromatic heterocycles. The third kappa shape index (κ3) is 1.95. The molecule has 0 heterocycles. The third-order valence-electron chi connectivity index (χ3n) is 1.78. The van der Waals surface area contributed by atoms with E-state index in [0.29, 0.717) is 21.9 Å². The van der Waals surface area contributed by atoms with Crippen molar-refractivity contribution in [3.8, 4) is 5.75 Å². The number of hydrogen-bond donors (Lipinski definition) is 0. The highest BCUT2D eigenvalue weighted by Gasteiger charge is 2.14. The van der Waals surface area contributed by atoms with Crippen LogP contribution in [0.5, 0.6) is 5.75 Å². The van der Waals surface area contributed by atoms with Crippen molar-refractivity contribution in [2.45, 2.75) is 6.92 Å².